The summed E-state index contributed by atoms with van der Waals surface area (Å²) in [5.41, 5.74) is 10.1. The monoisotopic (exact) mass is 522 g/mol. The molecule has 3 atom stereocenters. The third kappa shape index (κ3) is 4.20. The Morgan fingerprint density at radius 3 is 2.59 bits per heavy atom. The number of benzene rings is 3. The van der Waals surface area contributed by atoms with Gasteiger partial charge in [0, 0.05) is 24.1 Å². The predicted octanol–water partition coefficient (Wildman–Crippen LogP) is 5.89. The van der Waals surface area contributed by atoms with Gasteiger partial charge in [-0.2, -0.15) is 0 Å². The zero-order valence-corrected chi connectivity index (χ0v) is 22.9. The van der Waals surface area contributed by atoms with Gasteiger partial charge in [0.15, 0.2) is 0 Å². The number of carbonyl (C=O) groups excluding carboxylic acids is 1. The predicted molar refractivity (Wildman–Crippen MR) is 150 cm³/mol. The molecule has 7 heteroatoms. The molecule has 1 aromatic heterocycles. The molecule has 1 amide bonds. The van der Waals surface area contributed by atoms with Crippen molar-refractivity contribution < 1.29 is 14.7 Å². The second-order valence-corrected chi connectivity index (χ2v) is 11.1. The number of nitrogens with zero attached hydrogens (tertiary/aromatic N) is 4. The minimum Gasteiger partial charge on any atom is -0.481 e. The normalized spacial score (nSPS) is 18.8. The summed E-state index contributed by atoms with van der Waals surface area (Å²) in [7, 11) is 0. The van der Waals surface area contributed by atoms with E-state index < -0.39 is 5.97 Å². The third-order valence-corrected chi connectivity index (χ3v) is 8.91. The molecular formula is C32H34N4O3. The van der Waals surface area contributed by atoms with Crippen molar-refractivity contribution in [3.8, 4) is 0 Å². The number of carbonyl (C=O) groups is 2. The lowest BCUT2D eigenvalue weighted by molar-refractivity contribution is -0.137. The Morgan fingerprint density at radius 2 is 1.85 bits per heavy atom. The molecular weight excluding hydrogens is 488 g/mol. The number of aromatic nitrogens is 3. The Labute approximate surface area is 228 Å². The average molecular weight is 523 g/mol. The molecule has 2 bridgehead atoms. The van der Waals surface area contributed by atoms with E-state index in [1.807, 2.05) is 55.8 Å². The van der Waals surface area contributed by atoms with Crippen LogP contribution in [0.2, 0.25) is 0 Å². The Bertz CT molecular complexity index is 1620. The van der Waals surface area contributed by atoms with E-state index in [1.54, 1.807) is 0 Å². The molecule has 3 heterocycles. The van der Waals surface area contributed by atoms with Crippen molar-refractivity contribution in [1.29, 1.82) is 0 Å². The van der Waals surface area contributed by atoms with Crippen LogP contribution in [0.25, 0.3) is 11.0 Å². The van der Waals surface area contributed by atoms with E-state index in [0.29, 0.717) is 0 Å². The highest BCUT2D eigenvalue weighted by atomic mass is 16.4. The first kappa shape index (κ1) is 25.3. The molecule has 7 nitrogen and oxygen atoms in total. The summed E-state index contributed by atoms with van der Waals surface area (Å²) >= 11 is 0. The minimum atomic E-state index is -0.845. The lowest BCUT2D eigenvalue weighted by Crippen LogP contribution is -2.42. The number of amides is 1. The molecule has 0 spiro atoms. The van der Waals surface area contributed by atoms with Crippen LogP contribution in [0, 0.1) is 20.8 Å². The number of fused-ring (bicyclic) bond motifs is 5. The molecule has 6 rings (SSSR count). The number of hydrogen-bond donors (Lipinski definition) is 1. The smallest absolute Gasteiger partial charge is 0.304 e. The van der Waals surface area contributed by atoms with Gasteiger partial charge in [-0.05, 0) is 104 Å². The lowest BCUT2D eigenvalue weighted by Gasteiger charge is -2.37. The summed E-state index contributed by atoms with van der Waals surface area (Å²) in [5.74, 6) is -1.09. The van der Waals surface area contributed by atoms with Crippen LogP contribution >= 0.6 is 0 Å². The Kier molecular flexibility index (Phi) is 6.25. The van der Waals surface area contributed by atoms with E-state index >= 15 is 0 Å². The third-order valence-electron chi connectivity index (χ3n) is 8.91. The van der Waals surface area contributed by atoms with Gasteiger partial charge in [-0.15, -0.1) is 5.10 Å². The molecule has 1 N–H and O–H groups in total. The van der Waals surface area contributed by atoms with Crippen molar-refractivity contribution in [2.45, 2.75) is 77.9 Å². The van der Waals surface area contributed by atoms with Crippen LogP contribution < -0.4 is 0 Å². The number of rotatable bonds is 6. The van der Waals surface area contributed by atoms with Crippen molar-refractivity contribution >= 4 is 22.9 Å². The van der Waals surface area contributed by atoms with Crippen molar-refractivity contribution in [3.05, 3.63) is 93.0 Å². The SMILES string of the molecule is CCn1nnc2c(C)c([C@@H](CC(=O)O)c3ccc4c(c3)C3CCC(C4)N3C(=O)c3ccc(C)c(C)c3)ccc21. The molecule has 1 fully saturated rings. The fraction of sp³-hybridized carbons (Fsp3) is 0.375. The topological polar surface area (TPSA) is 88.3 Å². The molecule has 2 aliphatic rings. The summed E-state index contributed by atoms with van der Waals surface area (Å²) in [5, 5.41) is 18.6. The first-order valence-corrected chi connectivity index (χ1v) is 13.8. The van der Waals surface area contributed by atoms with Crippen molar-refractivity contribution in [2.24, 2.45) is 0 Å². The molecule has 1 saturated heterocycles. The van der Waals surface area contributed by atoms with E-state index in [-0.39, 0.29) is 30.3 Å². The van der Waals surface area contributed by atoms with Crippen molar-refractivity contribution in [1.82, 2.24) is 19.9 Å². The van der Waals surface area contributed by atoms with E-state index in [2.05, 4.69) is 40.3 Å². The molecule has 0 saturated carbocycles. The summed E-state index contributed by atoms with van der Waals surface area (Å²) in [6.45, 7) is 8.86. The first-order valence-electron chi connectivity index (χ1n) is 13.8. The van der Waals surface area contributed by atoms with Crippen LogP contribution in [0.5, 0.6) is 0 Å². The van der Waals surface area contributed by atoms with Gasteiger partial charge in [0.25, 0.3) is 5.91 Å². The molecule has 0 radical (unpaired) electrons. The maximum Gasteiger partial charge on any atom is 0.304 e. The van der Waals surface area contributed by atoms with Crippen LogP contribution in [0.4, 0.5) is 0 Å². The molecule has 3 aromatic carbocycles. The Hall–Kier alpha value is -4.00. The van der Waals surface area contributed by atoms with Gasteiger partial charge in [-0.25, -0.2) is 4.68 Å². The maximum atomic E-state index is 13.7. The summed E-state index contributed by atoms with van der Waals surface area (Å²) in [6, 6.07) is 16.6. The number of aryl methyl sites for hydroxylation is 4. The van der Waals surface area contributed by atoms with Crippen LogP contribution in [0.15, 0.2) is 48.5 Å². The standard InChI is InChI=1S/C32H34N4O3/c1-5-35-29-13-11-25(20(4)31(29)33-34-35)26(17-30(37)38)22-9-8-21-15-24-10-12-28(27(21)16-22)36(24)32(39)23-7-6-18(2)19(3)14-23/h6-9,11,13-14,16,24,26,28H,5,10,12,15,17H2,1-4H3,(H,37,38)/t24?,26-,28?/m0/s1. The summed E-state index contributed by atoms with van der Waals surface area (Å²) in [4.78, 5) is 27.9. The summed E-state index contributed by atoms with van der Waals surface area (Å²) < 4.78 is 1.86. The van der Waals surface area contributed by atoms with Gasteiger partial charge in [-0.3, -0.25) is 9.59 Å². The van der Waals surface area contributed by atoms with Crippen LogP contribution in [0.1, 0.15) is 87.4 Å². The number of carboxylic acid groups (broad SMARTS) is 1. The van der Waals surface area contributed by atoms with Gasteiger partial charge in [0.1, 0.15) is 5.52 Å². The Morgan fingerprint density at radius 1 is 1.03 bits per heavy atom. The molecule has 2 aliphatic heterocycles. The highest BCUT2D eigenvalue weighted by molar-refractivity contribution is 5.95. The lowest BCUT2D eigenvalue weighted by atomic mass is 9.82. The van der Waals surface area contributed by atoms with E-state index in [0.717, 1.165) is 70.2 Å². The van der Waals surface area contributed by atoms with Crippen LogP contribution in [-0.4, -0.2) is 42.9 Å². The fourth-order valence-corrected chi connectivity index (χ4v) is 6.68. The molecule has 4 aromatic rings. The van der Waals surface area contributed by atoms with Gasteiger partial charge in [-0.1, -0.05) is 35.5 Å². The van der Waals surface area contributed by atoms with Gasteiger partial charge < -0.3 is 10.0 Å². The molecule has 0 aliphatic carbocycles. The second-order valence-electron chi connectivity index (χ2n) is 11.1. The van der Waals surface area contributed by atoms with Gasteiger partial charge >= 0.3 is 5.97 Å². The summed E-state index contributed by atoms with van der Waals surface area (Å²) in [6.07, 6.45) is 2.71. The van der Waals surface area contributed by atoms with Crippen LogP contribution in [-0.2, 0) is 17.8 Å². The van der Waals surface area contributed by atoms with Gasteiger partial charge in [0.05, 0.1) is 18.0 Å². The first-order chi connectivity index (χ1) is 18.8. The van der Waals surface area contributed by atoms with Gasteiger partial charge in [0.2, 0.25) is 0 Å². The maximum absolute atomic E-state index is 13.7. The largest absolute Gasteiger partial charge is 0.481 e. The van der Waals surface area contributed by atoms with Crippen molar-refractivity contribution in [3.63, 3.8) is 0 Å². The number of aliphatic carboxylic acids is 1. The highest BCUT2D eigenvalue weighted by Gasteiger charge is 2.43. The molecule has 2 unspecified atom stereocenters. The number of hydrogen-bond acceptors (Lipinski definition) is 4. The second kappa shape index (κ2) is 9.63. The van der Waals surface area contributed by atoms with E-state index in [4.69, 9.17) is 0 Å². The Balaban J connectivity index is 1.40. The quantitative estimate of drug-likeness (QED) is 0.341. The molecule has 39 heavy (non-hydrogen) atoms. The van der Waals surface area contributed by atoms with E-state index in [9.17, 15) is 14.7 Å². The number of carboxylic acids is 1. The average Bonchev–Trinajstić information content (AvgIpc) is 3.49. The highest BCUT2D eigenvalue weighted by Crippen LogP contribution is 2.46. The zero-order chi connectivity index (χ0) is 27.4. The zero-order valence-electron chi connectivity index (χ0n) is 22.9. The van der Waals surface area contributed by atoms with Crippen molar-refractivity contribution in [2.75, 3.05) is 0 Å². The van der Waals surface area contributed by atoms with Crippen LogP contribution in [0.3, 0.4) is 0 Å². The van der Waals surface area contributed by atoms with E-state index in [1.165, 1.54) is 11.1 Å². The minimum absolute atomic E-state index is 0.00585. The fourth-order valence-electron chi connectivity index (χ4n) is 6.68. The molecule has 200 valence electrons.